The Morgan fingerprint density at radius 1 is 1.53 bits per heavy atom. The summed E-state index contributed by atoms with van der Waals surface area (Å²) in [5.41, 5.74) is -0.777. The molecule has 2 aliphatic rings. The van der Waals surface area contributed by atoms with Gasteiger partial charge in [0.25, 0.3) is 5.91 Å². The number of piperazine rings is 1. The number of hydrogen-bond donors (Lipinski definition) is 1. The van der Waals surface area contributed by atoms with E-state index in [2.05, 4.69) is 5.32 Å². The van der Waals surface area contributed by atoms with E-state index in [0.29, 0.717) is 19.7 Å². The van der Waals surface area contributed by atoms with Crippen molar-refractivity contribution in [3.8, 4) is 0 Å². The van der Waals surface area contributed by atoms with Gasteiger partial charge in [-0.05, 0) is 26.2 Å². The van der Waals surface area contributed by atoms with Crippen LogP contribution >= 0.6 is 0 Å². The molecule has 2 saturated heterocycles. The van der Waals surface area contributed by atoms with E-state index in [0.717, 1.165) is 6.42 Å². The fraction of sp³-hybridized carbons (Fsp3) is 0.833. The molecular weight excluding hydrogens is 220 g/mol. The summed E-state index contributed by atoms with van der Waals surface area (Å²) >= 11 is 0. The van der Waals surface area contributed by atoms with Crippen molar-refractivity contribution in [2.75, 3.05) is 19.7 Å². The van der Waals surface area contributed by atoms with Gasteiger partial charge in [-0.15, -0.1) is 0 Å². The molecule has 2 atom stereocenters. The molecule has 2 fully saturated rings. The number of carbonyl (C=O) groups is 2. The summed E-state index contributed by atoms with van der Waals surface area (Å²) in [7, 11) is 0. The average molecular weight is 240 g/mol. The van der Waals surface area contributed by atoms with Gasteiger partial charge in [0.15, 0.2) is 0 Å². The van der Waals surface area contributed by atoms with Crippen LogP contribution in [0.15, 0.2) is 0 Å². The molecule has 1 N–H and O–H groups in total. The number of ether oxygens (including phenoxy) is 1. The molecule has 2 aliphatic heterocycles. The van der Waals surface area contributed by atoms with Crippen LogP contribution in [0.4, 0.5) is 0 Å². The second-order valence-corrected chi connectivity index (χ2v) is 5.36. The van der Waals surface area contributed by atoms with Crippen molar-refractivity contribution >= 4 is 11.8 Å². The quantitative estimate of drug-likeness (QED) is 0.709. The first-order valence-electron chi connectivity index (χ1n) is 6.16. The summed E-state index contributed by atoms with van der Waals surface area (Å²) in [4.78, 5) is 25.8. The predicted octanol–water partition coefficient (Wildman–Crippen LogP) is 0.148. The summed E-state index contributed by atoms with van der Waals surface area (Å²) in [5.74, 6) is 0.0980. The Kier molecular flexibility index (Phi) is 3.12. The summed E-state index contributed by atoms with van der Waals surface area (Å²) in [6.07, 6.45) is 0.539. The minimum absolute atomic E-state index is 0.0464. The van der Waals surface area contributed by atoms with Crippen LogP contribution in [0.25, 0.3) is 0 Å². The Labute approximate surface area is 101 Å². The molecule has 0 aromatic rings. The SMILES string of the molecule is CC1CCOC1C(=O)N1CCNC(=O)C1(C)C. The molecule has 2 heterocycles. The molecule has 2 amide bonds. The van der Waals surface area contributed by atoms with Crippen LogP contribution in [0.1, 0.15) is 27.2 Å². The molecule has 5 heteroatoms. The molecule has 17 heavy (non-hydrogen) atoms. The molecule has 0 radical (unpaired) electrons. The van der Waals surface area contributed by atoms with E-state index < -0.39 is 5.54 Å². The van der Waals surface area contributed by atoms with Gasteiger partial charge < -0.3 is 15.0 Å². The maximum Gasteiger partial charge on any atom is 0.252 e. The molecule has 0 spiro atoms. The number of nitrogens with one attached hydrogen (secondary N) is 1. The normalized spacial score (nSPS) is 32.4. The largest absolute Gasteiger partial charge is 0.368 e. The third-order valence-corrected chi connectivity index (χ3v) is 3.75. The zero-order chi connectivity index (χ0) is 12.6. The van der Waals surface area contributed by atoms with Gasteiger partial charge in [0.2, 0.25) is 5.91 Å². The number of nitrogens with zero attached hydrogens (tertiary/aromatic N) is 1. The molecule has 5 nitrogen and oxygen atoms in total. The van der Waals surface area contributed by atoms with E-state index in [9.17, 15) is 9.59 Å². The zero-order valence-electron chi connectivity index (χ0n) is 10.7. The summed E-state index contributed by atoms with van der Waals surface area (Å²) in [6, 6.07) is 0. The Morgan fingerprint density at radius 2 is 2.24 bits per heavy atom. The highest BCUT2D eigenvalue weighted by Gasteiger charge is 2.44. The Bertz CT molecular complexity index is 341. The van der Waals surface area contributed by atoms with Crippen LogP contribution in [0.5, 0.6) is 0 Å². The van der Waals surface area contributed by atoms with Crippen molar-refractivity contribution in [2.45, 2.75) is 38.8 Å². The third kappa shape index (κ3) is 2.04. The van der Waals surface area contributed by atoms with Crippen LogP contribution in [-0.2, 0) is 14.3 Å². The number of amides is 2. The minimum atomic E-state index is -0.777. The van der Waals surface area contributed by atoms with E-state index in [-0.39, 0.29) is 23.8 Å². The van der Waals surface area contributed by atoms with Gasteiger partial charge in [0.1, 0.15) is 11.6 Å². The van der Waals surface area contributed by atoms with E-state index in [1.165, 1.54) is 0 Å². The van der Waals surface area contributed by atoms with Crippen LogP contribution < -0.4 is 5.32 Å². The lowest BCUT2D eigenvalue weighted by molar-refractivity contribution is -0.156. The lowest BCUT2D eigenvalue weighted by atomic mass is 9.95. The molecule has 0 aromatic carbocycles. The summed E-state index contributed by atoms with van der Waals surface area (Å²) in [5, 5.41) is 2.79. The van der Waals surface area contributed by atoms with Gasteiger partial charge in [0.05, 0.1) is 0 Å². The Hall–Kier alpha value is -1.10. The van der Waals surface area contributed by atoms with Crippen molar-refractivity contribution in [3.05, 3.63) is 0 Å². The van der Waals surface area contributed by atoms with Crippen molar-refractivity contribution in [3.63, 3.8) is 0 Å². The van der Waals surface area contributed by atoms with E-state index in [4.69, 9.17) is 4.74 Å². The molecule has 0 aliphatic carbocycles. The highest BCUT2D eigenvalue weighted by molar-refractivity contribution is 5.93. The van der Waals surface area contributed by atoms with E-state index in [1.54, 1.807) is 18.7 Å². The van der Waals surface area contributed by atoms with E-state index >= 15 is 0 Å². The van der Waals surface area contributed by atoms with Gasteiger partial charge >= 0.3 is 0 Å². The maximum absolute atomic E-state index is 12.4. The van der Waals surface area contributed by atoms with Crippen molar-refractivity contribution in [1.82, 2.24) is 10.2 Å². The Morgan fingerprint density at radius 3 is 2.82 bits per heavy atom. The highest BCUT2D eigenvalue weighted by atomic mass is 16.5. The van der Waals surface area contributed by atoms with Crippen molar-refractivity contribution < 1.29 is 14.3 Å². The number of rotatable bonds is 1. The van der Waals surface area contributed by atoms with Crippen LogP contribution in [0.2, 0.25) is 0 Å². The molecular formula is C12H20N2O3. The molecule has 0 saturated carbocycles. The lowest BCUT2D eigenvalue weighted by Crippen LogP contribution is -2.65. The van der Waals surface area contributed by atoms with E-state index in [1.807, 2.05) is 6.92 Å². The molecule has 2 unspecified atom stereocenters. The first-order chi connectivity index (χ1) is 7.94. The highest BCUT2D eigenvalue weighted by Crippen LogP contribution is 2.26. The van der Waals surface area contributed by atoms with Crippen LogP contribution in [-0.4, -0.2) is 48.1 Å². The monoisotopic (exact) mass is 240 g/mol. The van der Waals surface area contributed by atoms with Crippen molar-refractivity contribution in [1.29, 1.82) is 0 Å². The second-order valence-electron chi connectivity index (χ2n) is 5.36. The predicted molar refractivity (Wildman–Crippen MR) is 62.3 cm³/mol. The van der Waals surface area contributed by atoms with Crippen LogP contribution in [0.3, 0.4) is 0 Å². The summed E-state index contributed by atoms with van der Waals surface area (Å²) < 4.78 is 5.49. The number of carbonyl (C=O) groups excluding carboxylic acids is 2. The molecule has 0 bridgehead atoms. The first-order valence-corrected chi connectivity index (χ1v) is 6.16. The molecule has 0 aromatic heterocycles. The second kappa shape index (κ2) is 4.29. The fourth-order valence-electron chi connectivity index (χ4n) is 2.45. The minimum Gasteiger partial charge on any atom is -0.368 e. The lowest BCUT2D eigenvalue weighted by Gasteiger charge is -2.42. The smallest absolute Gasteiger partial charge is 0.252 e. The number of hydrogen-bond acceptors (Lipinski definition) is 3. The standard InChI is InChI=1S/C12H20N2O3/c1-8-4-7-17-9(8)10(15)14-6-5-13-11(16)12(14,2)3/h8-9H,4-7H2,1-3H3,(H,13,16). The van der Waals surface area contributed by atoms with Crippen LogP contribution in [0, 0.1) is 5.92 Å². The molecule has 96 valence electrons. The van der Waals surface area contributed by atoms with Gasteiger partial charge in [-0.3, -0.25) is 9.59 Å². The zero-order valence-corrected chi connectivity index (χ0v) is 10.7. The first kappa shape index (κ1) is 12.4. The van der Waals surface area contributed by atoms with Gasteiger partial charge in [0, 0.05) is 19.7 Å². The van der Waals surface area contributed by atoms with Crippen molar-refractivity contribution in [2.24, 2.45) is 5.92 Å². The average Bonchev–Trinajstić information content (AvgIpc) is 2.68. The Balaban J connectivity index is 2.15. The van der Waals surface area contributed by atoms with Gasteiger partial charge in [-0.25, -0.2) is 0 Å². The summed E-state index contributed by atoms with van der Waals surface area (Å²) in [6.45, 7) is 7.29. The maximum atomic E-state index is 12.4. The van der Waals surface area contributed by atoms with Gasteiger partial charge in [-0.2, -0.15) is 0 Å². The third-order valence-electron chi connectivity index (χ3n) is 3.75. The molecule has 2 rings (SSSR count). The topological polar surface area (TPSA) is 58.6 Å². The fourth-order valence-corrected chi connectivity index (χ4v) is 2.45. The van der Waals surface area contributed by atoms with Gasteiger partial charge in [-0.1, -0.05) is 6.92 Å².